The lowest BCUT2D eigenvalue weighted by molar-refractivity contribution is 0.00578. The number of carbonyl (C=O) groups is 2. The Kier molecular flexibility index (Phi) is 14.2. The van der Waals surface area contributed by atoms with Gasteiger partial charge in [-0.05, 0) is 174 Å². The van der Waals surface area contributed by atoms with Gasteiger partial charge in [-0.1, -0.05) is 76.6 Å². The van der Waals surface area contributed by atoms with Crippen LogP contribution in [0.1, 0.15) is 140 Å². The van der Waals surface area contributed by atoms with E-state index in [1.54, 1.807) is 0 Å². The van der Waals surface area contributed by atoms with E-state index in [-0.39, 0.29) is 64.6 Å². The molecule has 66 heavy (non-hydrogen) atoms. The largest absolute Gasteiger partial charge is 0.494 e. The fourth-order valence-electron chi connectivity index (χ4n) is 8.63. The predicted octanol–water partition coefficient (Wildman–Crippen LogP) is 9.86. The van der Waals surface area contributed by atoms with Gasteiger partial charge in [-0.2, -0.15) is 0 Å². The third kappa shape index (κ3) is 10.3. The van der Waals surface area contributed by atoms with E-state index < -0.39 is 14.0 Å². The van der Waals surface area contributed by atoms with Crippen molar-refractivity contribution in [2.24, 2.45) is 0 Å². The molecule has 2 unspecified atom stereocenters. The van der Waals surface area contributed by atoms with Gasteiger partial charge in [0.1, 0.15) is 0 Å². The minimum atomic E-state index is -0.476. The SMILES string of the molecule is CC1(C)OB(B2OC(C)(C)C(C)(C)O2)OC1(C)C.CC1Cc2ccc(B3OC(C)(C)C(C)(C)O3)cc2CN1C(=O)c1ccccc1.CC1Cc2ccc(Br)cc2CN1C(=O)c1ccccc1. The molecule has 5 aliphatic rings. The van der Waals surface area contributed by atoms with Gasteiger partial charge >= 0.3 is 21.1 Å². The number of carbonyl (C=O) groups excluding carboxylic acids is 2. The van der Waals surface area contributed by atoms with Gasteiger partial charge in [0.25, 0.3) is 11.8 Å². The first-order chi connectivity index (χ1) is 30.7. The lowest BCUT2D eigenvalue weighted by atomic mass is 9.49. The Morgan fingerprint density at radius 2 is 0.833 bits per heavy atom. The summed E-state index contributed by atoms with van der Waals surface area (Å²) in [5.74, 6) is 0.198. The highest BCUT2D eigenvalue weighted by Crippen LogP contribution is 2.43. The molecule has 4 aromatic rings. The lowest BCUT2D eigenvalue weighted by Crippen LogP contribution is -2.43. The van der Waals surface area contributed by atoms with Gasteiger partial charge < -0.3 is 37.7 Å². The number of amides is 2. The second kappa shape index (κ2) is 18.6. The van der Waals surface area contributed by atoms with Crippen LogP contribution in [0.4, 0.5) is 0 Å². The molecule has 0 aromatic heterocycles. The van der Waals surface area contributed by atoms with Crippen molar-refractivity contribution in [2.75, 3.05) is 0 Å². The van der Waals surface area contributed by atoms with Gasteiger partial charge in [-0.25, -0.2) is 0 Å². The van der Waals surface area contributed by atoms with Crippen LogP contribution in [0.15, 0.2) is 102 Å². The standard InChI is InChI=1S/C23H28BNO3.C17H16BrNO.C12H24B2O4/c1-16-13-18-11-12-20(24-27-22(2,3)23(4,5)28-24)14-19(18)15-25(16)21(26)17-9-7-6-8-10-17;1-12-9-14-7-8-16(18)10-15(14)11-19(12)17(20)13-5-3-2-4-6-13;1-9(2)10(3,4)16-13(15-9)14-17-11(5,6)12(7,8)18-14/h6-12,14,16H,13,15H2,1-5H3;2-8,10,12H,9,11H2,1H3;1-8H3. The van der Waals surface area contributed by atoms with Crippen molar-refractivity contribution in [2.45, 2.75) is 169 Å². The third-order valence-corrected chi connectivity index (χ3v) is 15.5. The van der Waals surface area contributed by atoms with Crippen molar-refractivity contribution in [3.63, 3.8) is 0 Å². The van der Waals surface area contributed by atoms with Crippen LogP contribution in [0.3, 0.4) is 0 Å². The number of hydrogen-bond donors (Lipinski definition) is 0. The summed E-state index contributed by atoms with van der Waals surface area (Å²) >= 11 is 3.50. The number of halogens is 1. The molecule has 10 nitrogen and oxygen atoms in total. The average Bonchev–Trinajstić information content (AvgIpc) is 3.73. The first-order valence-corrected chi connectivity index (χ1v) is 24.2. The van der Waals surface area contributed by atoms with Crippen molar-refractivity contribution in [1.29, 1.82) is 0 Å². The van der Waals surface area contributed by atoms with Gasteiger partial charge in [0, 0.05) is 40.8 Å². The zero-order valence-corrected chi connectivity index (χ0v) is 43.1. The van der Waals surface area contributed by atoms with Gasteiger partial charge in [0.05, 0.1) is 33.6 Å². The second-order valence-electron chi connectivity index (χ2n) is 21.5. The molecule has 5 aliphatic heterocycles. The number of hydrogen-bond acceptors (Lipinski definition) is 8. The van der Waals surface area contributed by atoms with Crippen molar-refractivity contribution < 1.29 is 37.5 Å². The van der Waals surface area contributed by atoms with Gasteiger partial charge in [0.2, 0.25) is 0 Å². The first kappa shape index (κ1) is 50.1. The minimum Gasteiger partial charge on any atom is -0.405 e. The smallest absolute Gasteiger partial charge is 0.405 e. The van der Waals surface area contributed by atoms with E-state index in [0.29, 0.717) is 13.1 Å². The molecule has 9 rings (SSSR count). The molecule has 4 aromatic carbocycles. The molecule has 350 valence electrons. The zero-order valence-electron chi connectivity index (χ0n) is 41.5. The molecule has 2 atom stereocenters. The maximum absolute atomic E-state index is 13.0. The summed E-state index contributed by atoms with van der Waals surface area (Å²) in [6.45, 7) is 30.0. The fourth-order valence-corrected chi connectivity index (χ4v) is 9.04. The van der Waals surface area contributed by atoms with Gasteiger partial charge in [-0.15, -0.1) is 0 Å². The first-order valence-electron chi connectivity index (χ1n) is 23.4. The number of nitrogens with zero attached hydrogens (tertiary/aromatic N) is 2. The van der Waals surface area contributed by atoms with Crippen LogP contribution < -0.4 is 5.46 Å². The Morgan fingerprint density at radius 3 is 1.23 bits per heavy atom. The summed E-state index contributed by atoms with van der Waals surface area (Å²) in [6, 6.07) is 32.2. The average molecular weight is 961 g/mol. The molecule has 14 heteroatoms. The van der Waals surface area contributed by atoms with E-state index in [1.807, 2.05) is 126 Å². The summed E-state index contributed by atoms with van der Waals surface area (Å²) in [5.41, 5.74) is 5.40. The summed E-state index contributed by atoms with van der Waals surface area (Å²) in [6.07, 6.45) is 1.78. The Bertz CT molecular complexity index is 2310. The maximum atomic E-state index is 13.0. The van der Waals surface area contributed by atoms with Crippen molar-refractivity contribution in [3.05, 3.63) is 135 Å². The summed E-state index contributed by atoms with van der Waals surface area (Å²) < 4.78 is 37.3. The summed E-state index contributed by atoms with van der Waals surface area (Å²) in [7, 11) is -1.33. The molecule has 0 aliphatic carbocycles. The van der Waals surface area contributed by atoms with Crippen LogP contribution in [0, 0.1) is 0 Å². The highest BCUT2D eigenvalue weighted by molar-refractivity contribution is 9.10. The number of fused-ring (bicyclic) bond motifs is 2. The van der Waals surface area contributed by atoms with E-state index in [4.69, 9.17) is 27.9 Å². The van der Waals surface area contributed by atoms with E-state index in [0.717, 1.165) is 33.9 Å². The normalized spacial score (nSPS) is 23.8. The lowest BCUT2D eigenvalue weighted by Gasteiger charge is -2.35. The van der Waals surface area contributed by atoms with Gasteiger partial charge in [-0.3, -0.25) is 9.59 Å². The summed E-state index contributed by atoms with van der Waals surface area (Å²) in [4.78, 5) is 29.6. The van der Waals surface area contributed by atoms with E-state index in [2.05, 4.69) is 93.9 Å². The molecular weight excluding hydrogens is 893 g/mol. The number of benzene rings is 4. The van der Waals surface area contributed by atoms with Crippen LogP contribution in [-0.2, 0) is 53.9 Å². The van der Waals surface area contributed by atoms with E-state index in [1.165, 1.54) is 22.3 Å². The number of rotatable bonds is 4. The molecule has 0 N–H and O–H groups in total. The van der Waals surface area contributed by atoms with Crippen LogP contribution in [0.25, 0.3) is 0 Å². The highest BCUT2D eigenvalue weighted by Gasteiger charge is 2.63. The van der Waals surface area contributed by atoms with Crippen LogP contribution in [-0.4, -0.2) is 88.4 Å². The Balaban J connectivity index is 0.000000152. The highest BCUT2D eigenvalue weighted by atomic mass is 79.9. The fraction of sp³-hybridized carbons (Fsp3) is 0.500. The molecular formula is C52H68B3BrN2O8. The minimum absolute atomic E-state index is 0.0831. The maximum Gasteiger partial charge on any atom is 0.494 e. The Morgan fingerprint density at radius 1 is 0.485 bits per heavy atom. The molecule has 0 saturated carbocycles. The van der Waals surface area contributed by atoms with E-state index >= 15 is 0 Å². The zero-order chi connectivity index (χ0) is 48.2. The summed E-state index contributed by atoms with van der Waals surface area (Å²) in [5, 5.41) is 0. The van der Waals surface area contributed by atoms with Gasteiger partial charge in [0.15, 0.2) is 0 Å². The topological polar surface area (TPSA) is 96.0 Å². The van der Waals surface area contributed by atoms with Crippen molar-refractivity contribution >= 4 is 54.3 Å². The molecule has 0 spiro atoms. The van der Waals surface area contributed by atoms with Crippen LogP contribution in [0.5, 0.6) is 0 Å². The van der Waals surface area contributed by atoms with Crippen molar-refractivity contribution in [1.82, 2.24) is 9.80 Å². The predicted molar refractivity (Wildman–Crippen MR) is 267 cm³/mol. The Labute approximate surface area is 403 Å². The molecule has 3 saturated heterocycles. The van der Waals surface area contributed by atoms with Crippen LogP contribution in [0.2, 0.25) is 0 Å². The second-order valence-corrected chi connectivity index (χ2v) is 22.4. The molecule has 0 radical (unpaired) electrons. The van der Waals surface area contributed by atoms with Crippen LogP contribution >= 0.6 is 15.9 Å². The molecule has 3 fully saturated rings. The van der Waals surface area contributed by atoms with Crippen molar-refractivity contribution in [3.8, 4) is 0 Å². The molecule has 0 bridgehead atoms. The molecule has 5 heterocycles. The third-order valence-electron chi connectivity index (χ3n) is 15.0. The Hall–Kier alpha value is -3.75. The quantitative estimate of drug-likeness (QED) is 0.187. The van der Waals surface area contributed by atoms with E-state index in [9.17, 15) is 9.59 Å². The monoisotopic (exact) mass is 960 g/mol. The molecule has 2 amide bonds.